The van der Waals surface area contributed by atoms with Crippen molar-refractivity contribution in [2.45, 2.75) is 19.4 Å². The quantitative estimate of drug-likeness (QED) is 0.289. The third-order valence-electron chi connectivity index (χ3n) is 4.81. The van der Waals surface area contributed by atoms with Gasteiger partial charge in [-0.05, 0) is 128 Å². The lowest BCUT2D eigenvalue weighted by molar-refractivity contribution is -0.120. The zero-order valence-electron chi connectivity index (χ0n) is 28.8. The van der Waals surface area contributed by atoms with E-state index in [0.717, 1.165) is 0 Å². The number of hydrogen-bond acceptors (Lipinski definition) is 5. The van der Waals surface area contributed by atoms with Gasteiger partial charge in [0.15, 0.2) is 12.4 Å². The van der Waals surface area contributed by atoms with E-state index < -0.39 is 12.0 Å². The van der Waals surface area contributed by atoms with Crippen molar-refractivity contribution in [3.63, 3.8) is 0 Å². The van der Waals surface area contributed by atoms with Crippen LogP contribution in [0.3, 0.4) is 0 Å². The van der Waals surface area contributed by atoms with Gasteiger partial charge in [0, 0.05) is 105 Å². The van der Waals surface area contributed by atoms with Crippen LogP contribution in [0.2, 0.25) is 0 Å². The Kier molecular flexibility index (Phi) is 22.8. The fraction of sp³-hybridized carbons (Fsp3) is 0.0612. The third kappa shape index (κ3) is 24.7. The molecular weight excluding hydrogens is 697 g/mol. The van der Waals surface area contributed by atoms with E-state index in [9.17, 15) is 9.59 Å². The average Bonchev–Trinajstić information content (AvgIpc) is 3.93. The standard InChI is InChI=1S/C49H16N2O5/c1-2-3-4-5-6-7-8-9-10-11-12-13-14-15-16-17-18-19-20-21-22-23-24-25-26-27-28-29-30-31-32-33-34-39-47(50-48(52)41-40-45-37-35-42-54-45)51-49(53)56-44-46-38-36-43-55-46/h35-38,42-43H,1,40-41,44H2,(H,50,52)(H,51,53). The lowest BCUT2D eigenvalue weighted by atomic mass is 10.2. The molecule has 0 aromatic carbocycles. The minimum absolute atomic E-state index is 0.0816. The molecule has 2 heterocycles. The zero-order chi connectivity index (χ0) is 39.8. The van der Waals surface area contributed by atoms with E-state index in [0.29, 0.717) is 17.9 Å². The highest BCUT2D eigenvalue weighted by atomic mass is 16.6. The fourth-order valence-corrected chi connectivity index (χ4v) is 2.73. The van der Waals surface area contributed by atoms with Crippen molar-refractivity contribution in [2.24, 2.45) is 0 Å². The second kappa shape index (κ2) is 30.6. The summed E-state index contributed by atoms with van der Waals surface area (Å²) in [6.07, 6.45) is 2.53. The number of aryl methyl sites for hydroxylation is 1. The first-order valence-electron chi connectivity index (χ1n) is 15.1. The molecule has 0 radical (unpaired) electrons. The zero-order valence-corrected chi connectivity index (χ0v) is 28.8. The molecule has 0 atom stereocenters. The van der Waals surface area contributed by atoms with Gasteiger partial charge in [0.25, 0.3) is 0 Å². The monoisotopic (exact) mass is 712 g/mol. The van der Waals surface area contributed by atoms with Crippen molar-refractivity contribution in [3.05, 3.63) is 256 Å². The number of amides is 2. The lowest BCUT2D eigenvalue weighted by Gasteiger charge is -2.09. The van der Waals surface area contributed by atoms with Gasteiger partial charge in [-0.1, -0.05) is 5.73 Å². The van der Waals surface area contributed by atoms with Crippen LogP contribution in [0, 0.1) is 0 Å². The van der Waals surface area contributed by atoms with Crippen molar-refractivity contribution in [1.82, 2.24) is 10.6 Å². The maximum atomic E-state index is 12.4. The van der Waals surface area contributed by atoms with E-state index in [1.165, 1.54) is 12.5 Å². The molecule has 7 nitrogen and oxygen atoms in total. The molecule has 2 amide bonds. The summed E-state index contributed by atoms with van der Waals surface area (Å²) < 4.78 is 15.4. The van der Waals surface area contributed by atoms with E-state index in [4.69, 9.17) is 13.6 Å². The minimum Gasteiger partial charge on any atom is -0.469 e. The number of furan rings is 2. The van der Waals surface area contributed by atoms with Gasteiger partial charge in [-0.25, -0.2) is 4.79 Å². The molecule has 0 spiro atoms. The van der Waals surface area contributed by atoms with E-state index in [1.807, 2.05) is 0 Å². The Morgan fingerprint density at radius 3 is 1.21 bits per heavy atom. The summed E-state index contributed by atoms with van der Waals surface area (Å²) in [5.41, 5.74) is 84.5. The summed E-state index contributed by atoms with van der Waals surface area (Å²) in [5.74, 6) is 0.521. The number of alkyl carbamates (subject to hydrolysis) is 1. The van der Waals surface area contributed by atoms with Crippen molar-refractivity contribution in [1.29, 1.82) is 0 Å². The summed E-state index contributed by atoms with van der Waals surface area (Å²) in [7, 11) is 0. The Labute approximate surface area is 319 Å². The highest BCUT2D eigenvalue weighted by Crippen LogP contribution is 2.04. The van der Waals surface area contributed by atoms with Crippen molar-refractivity contribution >= 4 is 12.0 Å². The highest BCUT2D eigenvalue weighted by Gasteiger charge is 2.11. The molecule has 2 rings (SSSR count). The molecule has 0 aliphatic heterocycles. The molecule has 0 unspecified atom stereocenters. The molecule has 0 aliphatic rings. The molecule has 2 aromatic heterocycles. The van der Waals surface area contributed by atoms with Crippen LogP contribution in [0.4, 0.5) is 4.79 Å². The van der Waals surface area contributed by atoms with Crippen LogP contribution in [-0.4, -0.2) is 12.0 Å². The summed E-state index contributed by atoms with van der Waals surface area (Å²) in [4.78, 5) is 24.6. The van der Waals surface area contributed by atoms with Crippen molar-refractivity contribution in [3.8, 4) is 0 Å². The molecule has 0 aliphatic carbocycles. The van der Waals surface area contributed by atoms with Gasteiger partial charge in [0.2, 0.25) is 5.91 Å². The van der Waals surface area contributed by atoms with Gasteiger partial charge in [-0.2, -0.15) is 0 Å². The molecule has 252 valence electrons. The van der Waals surface area contributed by atoms with Crippen molar-refractivity contribution in [2.75, 3.05) is 0 Å². The number of carbonyl (C=O) groups is 2. The number of rotatable bonds is 7. The molecule has 7 heteroatoms. The average molecular weight is 713 g/mol. The number of ether oxygens (including phenoxy) is 1. The Balaban J connectivity index is 2.24. The van der Waals surface area contributed by atoms with Gasteiger partial charge in [0.1, 0.15) is 11.5 Å². The van der Waals surface area contributed by atoms with Crippen LogP contribution in [0.1, 0.15) is 17.9 Å². The van der Waals surface area contributed by atoms with Crippen LogP contribution in [-0.2, 0) is 22.6 Å². The number of hydrogen-bond donors (Lipinski definition) is 2. The number of carbonyl (C=O) groups excluding carboxylic acids is 2. The summed E-state index contributed by atoms with van der Waals surface area (Å²) >= 11 is 0. The first-order chi connectivity index (χ1) is 27.7. The van der Waals surface area contributed by atoms with Gasteiger partial charge < -0.3 is 18.9 Å². The molecule has 56 heavy (non-hydrogen) atoms. The molecule has 0 saturated heterocycles. The van der Waals surface area contributed by atoms with Crippen LogP contribution >= 0.6 is 0 Å². The smallest absolute Gasteiger partial charge is 0.413 e. The first-order valence-corrected chi connectivity index (χ1v) is 15.1. The van der Waals surface area contributed by atoms with Gasteiger partial charge >= 0.3 is 6.09 Å². The van der Waals surface area contributed by atoms with Crippen molar-refractivity contribution < 1.29 is 23.2 Å². The largest absolute Gasteiger partial charge is 0.469 e. The van der Waals surface area contributed by atoms with Gasteiger partial charge in [0.05, 0.1) is 12.5 Å². The fourth-order valence-electron chi connectivity index (χ4n) is 2.73. The molecule has 2 N–H and O–H groups in total. The Morgan fingerprint density at radius 2 is 0.857 bits per heavy atom. The predicted molar refractivity (Wildman–Crippen MR) is 196 cm³/mol. The normalized spacial score (nSPS) is 6.36. The maximum absolute atomic E-state index is 12.4. The predicted octanol–water partition coefficient (Wildman–Crippen LogP) is 7.59. The second-order valence-corrected chi connectivity index (χ2v) is 8.58. The Morgan fingerprint density at radius 1 is 0.500 bits per heavy atom. The number of nitrogens with one attached hydrogen (secondary N) is 2. The van der Waals surface area contributed by atoms with Crippen LogP contribution in [0.15, 0.2) is 253 Å². The second-order valence-electron chi connectivity index (χ2n) is 8.58. The Bertz CT molecular complexity index is 3190. The molecule has 0 saturated carbocycles. The summed E-state index contributed by atoms with van der Waals surface area (Å²) in [6, 6.07) is 6.76. The minimum atomic E-state index is -0.861. The van der Waals surface area contributed by atoms with Crippen LogP contribution in [0.25, 0.3) is 0 Å². The highest BCUT2D eigenvalue weighted by molar-refractivity contribution is 5.79. The van der Waals surface area contributed by atoms with Gasteiger partial charge in [-0.15, -0.1) is 0 Å². The molecular formula is C49H16N2O5. The van der Waals surface area contributed by atoms with E-state index in [1.54, 1.807) is 24.3 Å². The van der Waals surface area contributed by atoms with Crippen LogP contribution < -0.4 is 10.6 Å². The summed E-state index contributed by atoms with van der Waals surface area (Å²) in [5, 5.41) is 4.88. The Hall–Kier alpha value is -10.4. The van der Waals surface area contributed by atoms with E-state index in [2.05, 4.69) is 212 Å². The lowest BCUT2D eigenvalue weighted by Crippen LogP contribution is -2.35. The van der Waals surface area contributed by atoms with Gasteiger partial charge in [-0.3, -0.25) is 10.1 Å². The first kappa shape index (κ1) is 41.7. The molecule has 0 bridgehead atoms. The maximum Gasteiger partial charge on any atom is 0.413 e. The third-order valence-corrected chi connectivity index (χ3v) is 4.81. The summed E-state index contributed by atoms with van der Waals surface area (Å²) in [6.45, 7) is 3.20. The topological polar surface area (TPSA) is 93.7 Å². The van der Waals surface area contributed by atoms with E-state index in [-0.39, 0.29) is 18.8 Å². The SMILES string of the molecule is C=C=C=C=C=C=C=C=C=C=C=C=C=C=C=C=C=C=C=C=C=C=C=C=C=C=C=C=C=C=C=C=C=C=C=C(NC(=O)CCc1ccco1)NC(=O)OCc1ccco1. The van der Waals surface area contributed by atoms with E-state index >= 15 is 0 Å². The van der Waals surface area contributed by atoms with Crippen LogP contribution in [0.5, 0.6) is 0 Å². The molecule has 2 aromatic rings. The molecule has 0 fully saturated rings.